The lowest BCUT2D eigenvalue weighted by molar-refractivity contribution is -0.147. The first kappa shape index (κ1) is 27.4. The highest BCUT2D eigenvalue weighted by molar-refractivity contribution is 6.31. The molecule has 11 heteroatoms. The molecule has 1 saturated heterocycles. The van der Waals surface area contributed by atoms with E-state index >= 15 is 0 Å². The Labute approximate surface area is 234 Å². The van der Waals surface area contributed by atoms with Crippen molar-refractivity contribution in [1.29, 1.82) is 0 Å². The van der Waals surface area contributed by atoms with Gasteiger partial charge >= 0.3 is 0 Å². The minimum atomic E-state index is -0.425. The molecule has 210 valence electrons. The van der Waals surface area contributed by atoms with Gasteiger partial charge in [-0.25, -0.2) is 0 Å². The van der Waals surface area contributed by atoms with E-state index in [1.54, 1.807) is 7.05 Å². The van der Waals surface area contributed by atoms with Crippen LogP contribution in [0.3, 0.4) is 0 Å². The molecule has 0 radical (unpaired) electrons. The molecule has 3 heterocycles. The monoisotopic (exact) mass is 556 g/mol. The van der Waals surface area contributed by atoms with Gasteiger partial charge in [0, 0.05) is 62.6 Å². The SMILES string of the molecule is CNC(=O)[C@@H]1CCCCC1C(=O)N1CCc2c(Cl)ccc(OCc3nnc(C)n3C)c2[C@H]1CN1CCCC1=O. The van der Waals surface area contributed by atoms with Crippen LogP contribution in [0.2, 0.25) is 5.02 Å². The van der Waals surface area contributed by atoms with Crippen LogP contribution in [0.25, 0.3) is 0 Å². The summed E-state index contributed by atoms with van der Waals surface area (Å²) < 4.78 is 8.20. The summed E-state index contributed by atoms with van der Waals surface area (Å²) in [6.45, 7) is 3.59. The fourth-order valence-electron chi connectivity index (χ4n) is 6.32. The molecular weight excluding hydrogens is 520 g/mol. The van der Waals surface area contributed by atoms with Gasteiger partial charge in [0.1, 0.15) is 18.2 Å². The summed E-state index contributed by atoms with van der Waals surface area (Å²) >= 11 is 6.71. The third-order valence-corrected chi connectivity index (χ3v) is 8.98. The highest BCUT2D eigenvalue weighted by atomic mass is 35.5. The van der Waals surface area contributed by atoms with Gasteiger partial charge in [0.05, 0.1) is 6.04 Å². The number of hydrogen-bond donors (Lipinski definition) is 1. The van der Waals surface area contributed by atoms with Crippen molar-refractivity contribution in [2.75, 3.05) is 26.7 Å². The second-order valence-corrected chi connectivity index (χ2v) is 11.2. The molecule has 39 heavy (non-hydrogen) atoms. The topological polar surface area (TPSA) is 110 Å². The Bertz CT molecular complexity index is 1260. The van der Waals surface area contributed by atoms with Gasteiger partial charge in [-0.2, -0.15) is 0 Å². The van der Waals surface area contributed by atoms with E-state index in [2.05, 4.69) is 15.5 Å². The summed E-state index contributed by atoms with van der Waals surface area (Å²) in [5.74, 6) is 1.34. The van der Waals surface area contributed by atoms with Crippen LogP contribution in [-0.4, -0.2) is 69.0 Å². The smallest absolute Gasteiger partial charge is 0.227 e. The van der Waals surface area contributed by atoms with Crippen LogP contribution in [0.15, 0.2) is 12.1 Å². The van der Waals surface area contributed by atoms with E-state index < -0.39 is 6.04 Å². The average Bonchev–Trinajstić information content (AvgIpc) is 3.51. The second kappa shape index (κ2) is 11.5. The standard InChI is InChI=1S/C28H37ClN6O4/c1-17-31-32-24(33(17)3)16-39-23-11-10-21(29)20-12-14-35(22(26(20)23)15-34-13-6-9-25(34)36)28(38)19-8-5-4-7-18(19)27(37)30-2/h10-11,18-19,22H,4-9,12-16H2,1-3H3,(H,30,37)/t18-,19?,22-/m1/s1. The predicted octanol–water partition coefficient (Wildman–Crippen LogP) is 2.96. The van der Waals surface area contributed by atoms with Crippen LogP contribution in [0.1, 0.15) is 67.3 Å². The molecular formula is C28H37ClN6O4. The van der Waals surface area contributed by atoms with Crippen LogP contribution in [0, 0.1) is 18.8 Å². The molecule has 1 aliphatic carbocycles. The fourth-order valence-corrected chi connectivity index (χ4v) is 6.58. The quantitative estimate of drug-likeness (QED) is 0.561. The van der Waals surface area contributed by atoms with E-state index in [9.17, 15) is 14.4 Å². The normalized spacial score (nSPS) is 23.1. The van der Waals surface area contributed by atoms with Crippen molar-refractivity contribution in [1.82, 2.24) is 29.9 Å². The van der Waals surface area contributed by atoms with Crippen molar-refractivity contribution in [3.05, 3.63) is 39.9 Å². The first-order chi connectivity index (χ1) is 18.8. The van der Waals surface area contributed by atoms with Crippen molar-refractivity contribution in [3.8, 4) is 5.75 Å². The number of ether oxygens (including phenoxy) is 1. The molecule has 5 rings (SSSR count). The summed E-state index contributed by atoms with van der Waals surface area (Å²) in [6, 6.07) is 3.24. The molecule has 0 bridgehead atoms. The molecule has 0 spiro atoms. The summed E-state index contributed by atoms with van der Waals surface area (Å²) in [7, 11) is 3.52. The lowest BCUT2D eigenvalue weighted by Gasteiger charge is -2.43. The molecule has 1 N–H and O–H groups in total. The van der Waals surface area contributed by atoms with Gasteiger partial charge in [0.25, 0.3) is 0 Å². The molecule has 2 aromatic rings. The number of carbonyl (C=O) groups excluding carboxylic acids is 3. The van der Waals surface area contributed by atoms with Crippen molar-refractivity contribution in [2.24, 2.45) is 18.9 Å². The number of nitrogens with zero attached hydrogens (tertiary/aromatic N) is 5. The van der Waals surface area contributed by atoms with E-state index in [0.29, 0.717) is 61.9 Å². The summed E-state index contributed by atoms with van der Waals surface area (Å²) in [5, 5.41) is 11.7. The number of aryl methyl sites for hydroxylation is 1. The van der Waals surface area contributed by atoms with Gasteiger partial charge in [0.15, 0.2) is 5.82 Å². The van der Waals surface area contributed by atoms with Crippen molar-refractivity contribution in [3.63, 3.8) is 0 Å². The molecule has 3 atom stereocenters. The summed E-state index contributed by atoms with van der Waals surface area (Å²) in [5.41, 5.74) is 1.78. The zero-order chi connectivity index (χ0) is 27.7. The Morgan fingerprint density at radius 1 is 1.10 bits per heavy atom. The predicted molar refractivity (Wildman–Crippen MR) is 145 cm³/mol. The maximum atomic E-state index is 14.2. The van der Waals surface area contributed by atoms with Gasteiger partial charge in [-0.1, -0.05) is 24.4 Å². The third-order valence-electron chi connectivity index (χ3n) is 8.63. The maximum absolute atomic E-state index is 14.2. The number of fused-ring (bicyclic) bond motifs is 1. The zero-order valence-electron chi connectivity index (χ0n) is 22.9. The number of hydrogen-bond acceptors (Lipinski definition) is 6. The van der Waals surface area contributed by atoms with Gasteiger partial charge < -0.3 is 24.4 Å². The van der Waals surface area contributed by atoms with E-state index in [1.165, 1.54) is 0 Å². The highest BCUT2D eigenvalue weighted by Gasteiger charge is 2.43. The number of aromatic nitrogens is 3. The summed E-state index contributed by atoms with van der Waals surface area (Å²) in [6.07, 6.45) is 5.12. The van der Waals surface area contributed by atoms with E-state index in [4.69, 9.17) is 16.3 Å². The van der Waals surface area contributed by atoms with Crippen LogP contribution in [-0.2, 0) is 34.5 Å². The minimum absolute atomic E-state index is 0.0274. The number of rotatable bonds is 7. The van der Waals surface area contributed by atoms with Gasteiger partial charge in [0.2, 0.25) is 17.7 Å². The number of amides is 3. The molecule has 1 saturated carbocycles. The number of benzene rings is 1. The molecule has 3 aliphatic rings. The van der Waals surface area contributed by atoms with Crippen molar-refractivity contribution >= 4 is 29.3 Å². The van der Waals surface area contributed by atoms with E-state index in [0.717, 1.165) is 36.2 Å². The zero-order valence-corrected chi connectivity index (χ0v) is 23.7. The maximum Gasteiger partial charge on any atom is 0.227 e. The molecule has 2 aliphatic heterocycles. The molecule has 10 nitrogen and oxygen atoms in total. The fraction of sp³-hybridized carbons (Fsp3) is 0.607. The third kappa shape index (κ3) is 5.35. The molecule has 1 unspecified atom stereocenters. The average molecular weight is 557 g/mol. The largest absolute Gasteiger partial charge is 0.485 e. The number of nitrogens with one attached hydrogen (secondary N) is 1. The Morgan fingerprint density at radius 2 is 1.87 bits per heavy atom. The Hall–Kier alpha value is -3.14. The van der Waals surface area contributed by atoms with E-state index in [-0.39, 0.29) is 36.2 Å². The van der Waals surface area contributed by atoms with Gasteiger partial charge in [-0.3, -0.25) is 14.4 Å². The molecule has 1 aromatic heterocycles. The van der Waals surface area contributed by atoms with Crippen molar-refractivity contribution < 1.29 is 19.1 Å². The van der Waals surface area contributed by atoms with Crippen LogP contribution in [0.4, 0.5) is 0 Å². The number of likely N-dealkylation sites (tertiary alicyclic amines) is 1. The number of halogens is 1. The van der Waals surface area contributed by atoms with Gasteiger partial charge in [-0.15, -0.1) is 10.2 Å². The molecule has 1 aromatic carbocycles. The van der Waals surface area contributed by atoms with Crippen molar-refractivity contribution in [2.45, 2.75) is 64.5 Å². The van der Waals surface area contributed by atoms with Crippen LogP contribution in [0.5, 0.6) is 5.75 Å². The Morgan fingerprint density at radius 3 is 2.54 bits per heavy atom. The molecule has 3 amide bonds. The number of carbonyl (C=O) groups is 3. The first-order valence-corrected chi connectivity index (χ1v) is 14.3. The van der Waals surface area contributed by atoms with Crippen LogP contribution >= 0.6 is 11.6 Å². The lowest BCUT2D eigenvalue weighted by atomic mass is 9.77. The van der Waals surface area contributed by atoms with E-state index in [1.807, 2.05) is 40.5 Å². The Balaban J connectivity index is 1.51. The highest BCUT2D eigenvalue weighted by Crippen LogP contribution is 2.43. The first-order valence-electron chi connectivity index (χ1n) is 13.9. The second-order valence-electron chi connectivity index (χ2n) is 10.8. The summed E-state index contributed by atoms with van der Waals surface area (Å²) in [4.78, 5) is 43.4. The lowest BCUT2D eigenvalue weighted by Crippen LogP contribution is -2.50. The van der Waals surface area contributed by atoms with Crippen LogP contribution < -0.4 is 10.1 Å². The minimum Gasteiger partial charge on any atom is -0.485 e. The Kier molecular flexibility index (Phi) is 8.11. The van der Waals surface area contributed by atoms with Gasteiger partial charge in [-0.05, 0) is 50.3 Å². The molecule has 2 fully saturated rings.